The number of carbonyl (C=O) groups excluding carboxylic acids is 1. The van der Waals surface area contributed by atoms with E-state index in [1.165, 1.54) is 16.3 Å². The lowest BCUT2D eigenvalue weighted by molar-refractivity contribution is 0.0949. The van der Waals surface area contributed by atoms with Crippen molar-refractivity contribution in [2.75, 3.05) is 14.2 Å². The number of nitrogens with zero attached hydrogens (tertiary/aromatic N) is 2. The fourth-order valence-corrected chi connectivity index (χ4v) is 4.28. The zero-order valence-electron chi connectivity index (χ0n) is 19.1. The van der Waals surface area contributed by atoms with E-state index in [-0.39, 0.29) is 5.91 Å². The molecule has 1 amide bonds. The van der Waals surface area contributed by atoms with E-state index in [0.717, 1.165) is 16.9 Å². The number of nitrogens with one attached hydrogen (secondary N) is 1. The Kier molecular flexibility index (Phi) is 5.87. The first-order valence-corrected chi connectivity index (χ1v) is 11.1. The van der Waals surface area contributed by atoms with Crippen molar-refractivity contribution >= 4 is 27.7 Å². The van der Waals surface area contributed by atoms with Gasteiger partial charge in [-0.1, -0.05) is 54.6 Å². The van der Waals surface area contributed by atoms with Crippen LogP contribution < -0.4 is 14.8 Å². The Labute approximate surface area is 197 Å². The van der Waals surface area contributed by atoms with Gasteiger partial charge in [-0.2, -0.15) is 0 Å². The molecular weight excluding hydrogens is 426 g/mol. The SMILES string of the molecule is COc1ccc(C(=O)NCc2nc3ccccc3n2Cc2cccc3ccccc23)cc1OC. The summed E-state index contributed by atoms with van der Waals surface area (Å²) < 4.78 is 12.8. The predicted molar refractivity (Wildman–Crippen MR) is 133 cm³/mol. The Hall–Kier alpha value is -4.32. The highest BCUT2D eigenvalue weighted by molar-refractivity contribution is 5.95. The third-order valence-electron chi connectivity index (χ3n) is 5.99. The molecule has 5 rings (SSSR count). The molecule has 1 heterocycles. The van der Waals surface area contributed by atoms with Crippen LogP contribution in [0.25, 0.3) is 21.8 Å². The molecular formula is C28H25N3O3. The zero-order chi connectivity index (χ0) is 23.5. The number of imidazole rings is 1. The highest BCUT2D eigenvalue weighted by atomic mass is 16.5. The Morgan fingerprint density at radius 2 is 1.65 bits per heavy atom. The van der Waals surface area contributed by atoms with Crippen molar-refractivity contribution in [2.24, 2.45) is 0 Å². The summed E-state index contributed by atoms with van der Waals surface area (Å²) >= 11 is 0. The second-order valence-corrected chi connectivity index (χ2v) is 7.99. The molecule has 0 aliphatic rings. The molecule has 0 bridgehead atoms. The van der Waals surface area contributed by atoms with E-state index in [0.29, 0.717) is 30.2 Å². The lowest BCUT2D eigenvalue weighted by Crippen LogP contribution is -2.25. The van der Waals surface area contributed by atoms with Crippen LogP contribution in [0.3, 0.4) is 0 Å². The number of fused-ring (bicyclic) bond motifs is 2. The van der Waals surface area contributed by atoms with Crippen molar-refractivity contribution in [3.63, 3.8) is 0 Å². The average Bonchev–Trinajstić information content (AvgIpc) is 3.24. The Balaban J connectivity index is 1.45. The van der Waals surface area contributed by atoms with Gasteiger partial charge in [-0.25, -0.2) is 4.98 Å². The summed E-state index contributed by atoms with van der Waals surface area (Å²) in [7, 11) is 3.12. The van der Waals surface area contributed by atoms with Gasteiger partial charge in [0.25, 0.3) is 5.91 Å². The molecule has 0 saturated heterocycles. The number of aromatic nitrogens is 2. The molecule has 0 fully saturated rings. The van der Waals surface area contributed by atoms with E-state index < -0.39 is 0 Å². The lowest BCUT2D eigenvalue weighted by atomic mass is 10.0. The molecule has 0 aliphatic carbocycles. The van der Waals surface area contributed by atoms with Crippen molar-refractivity contribution in [1.29, 1.82) is 0 Å². The summed E-state index contributed by atoms with van der Waals surface area (Å²) in [5.41, 5.74) is 3.63. The molecule has 5 aromatic rings. The lowest BCUT2D eigenvalue weighted by Gasteiger charge is -2.13. The van der Waals surface area contributed by atoms with E-state index in [4.69, 9.17) is 14.5 Å². The van der Waals surface area contributed by atoms with Gasteiger partial charge in [-0.3, -0.25) is 4.79 Å². The molecule has 0 radical (unpaired) electrons. The predicted octanol–water partition coefficient (Wildman–Crippen LogP) is 5.19. The van der Waals surface area contributed by atoms with Crippen molar-refractivity contribution < 1.29 is 14.3 Å². The van der Waals surface area contributed by atoms with Gasteiger partial charge in [-0.05, 0) is 46.7 Å². The highest BCUT2D eigenvalue weighted by Crippen LogP contribution is 2.28. The Morgan fingerprint density at radius 3 is 2.50 bits per heavy atom. The van der Waals surface area contributed by atoms with E-state index in [1.54, 1.807) is 32.4 Å². The molecule has 0 saturated carbocycles. The van der Waals surface area contributed by atoms with Crippen LogP contribution in [0, 0.1) is 0 Å². The van der Waals surface area contributed by atoms with Gasteiger partial charge in [0.1, 0.15) is 5.82 Å². The first-order valence-electron chi connectivity index (χ1n) is 11.1. The van der Waals surface area contributed by atoms with Crippen LogP contribution in [-0.2, 0) is 13.1 Å². The standard InChI is InChI=1S/C28H25N3O3/c1-33-25-15-14-20(16-26(25)34-2)28(32)29-17-27-30-23-12-5-6-13-24(23)31(27)18-21-10-7-9-19-8-3-4-11-22(19)21/h3-16H,17-18H2,1-2H3,(H,29,32). The minimum Gasteiger partial charge on any atom is -0.493 e. The van der Waals surface area contributed by atoms with E-state index in [1.807, 2.05) is 24.3 Å². The molecule has 1 N–H and O–H groups in total. The summed E-state index contributed by atoms with van der Waals surface area (Å²) in [6.45, 7) is 0.954. The number of para-hydroxylation sites is 2. The number of benzene rings is 4. The van der Waals surface area contributed by atoms with Crippen molar-refractivity contribution in [2.45, 2.75) is 13.1 Å². The maximum absolute atomic E-state index is 12.9. The molecule has 0 spiro atoms. The molecule has 34 heavy (non-hydrogen) atoms. The third kappa shape index (κ3) is 4.06. The van der Waals surface area contributed by atoms with E-state index in [2.05, 4.69) is 52.3 Å². The number of methoxy groups -OCH3 is 2. The van der Waals surface area contributed by atoms with Gasteiger partial charge >= 0.3 is 0 Å². The maximum atomic E-state index is 12.9. The minimum atomic E-state index is -0.204. The van der Waals surface area contributed by atoms with Gasteiger partial charge in [-0.15, -0.1) is 0 Å². The second-order valence-electron chi connectivity index (χ2n) is 7.99. The topological polar surface area (TPSA) is 65.4 Å². The largest absolute Gasteiger partial charge is 0.493 e. The molecule has 1 aromatic heterocycles. The summed E-state index contributed by atoms with van der Waals surface area (Å²) in [5.74, 6) is 1.68. The minimum absolute atomic E-state index is 0.204. The molecule has 6 nitrogen and oxygen atoms in total. The number of hydrogen-bond acceptors (Lipinski definition) is 4. The van der Waals surface area contributed by atoms with Crippen LogP contribution in [0.15, 0.2) is 84.9 Å². The monoisotopic (exact) mass is 451 g/mol. The molecule has 0 aliphatic heterocycles. The molecule has 170 valence electrons. The molecule has 0 atom stereocenters. The van der Waals surface area contributed by atoms with Crippen molar-refractivity contribution in [3.8, 4) is 11.5 Å². The first-order chi connectivity index (χ1) is 16.7. The number of ether oxygens (including phenoxy) is 2. The maximum Gasteiger partial charge on any atom is 0.251 e. The first kappa shape index (κ1) is 21.5. The van der Waals surface area contributed by atoms with Gasteiger partial charge < -0.3 is 19.4 Å². The fraction of sp³-hybridized carbons (Fsp3) is 0.143. The third-order valence-corrected chi connectivity index (χ3v) is 5.99. The zero-order valence-corrected chi connectivity index (χ0v) is 19.1. The molecule has 0 unspecified atom stereocenters. The number of rotatable bonds is 7. The molecule has 4 aromatic carbocycles. The van der Waals surface area contributed by atoms with Gasteiger partial charge in [0, 0.05) is 5.56 Å². The number of amides is 1. The van der Waals surface area contributed by atoms with Gasteiger partial charge in [0.05, 0.1) is 38.3 Å². The van der Waals surface area contributed by atoms with Crippen LogP contribution in [-0.4, -0.2) is 29.7 Å². The molecule has 6 heteroatoms. The quantitative estimate of drug-likeness (QED) is 0.370. The summed E-state index contributed by atoms with van der Waals surface area (Å²) in [4.78, 5) is 17.7. The highest BCUT2D eigenvalue weighted by Gasteiger charge is 2.15. The summed E-state index contributed by atoms with van der Waals surface area (Å²) in [5, 5.41) is 5.42. The second kappa shape index (κ2) is 9.27. The average molecular weight is 452 g/mol. The van der Waals surface area contributed by atoms with Crippen LogP contribution in [0.2, 0.25) is 0 Å². The normalized spacial score (nSPS) is 11.0. The number of carbonyl (C=O) groups is 1. The van der Waals surface area contributed by atoms with Crippen molar-refractivity contribution in [1.82, 2.24) is 14.9 Å². The van der Waals surface area contributed by atoms with Crippen LogP contribution in [0.5, 0.6) is 11.5 Å². The van der Waals surface area contributed by atoms with Crippen LogP contribution >= 0.6 is 0 Å². The summed E-state index contributed by atoms with van der Waals surface area (Å²) in [6, 6.07) is 27.9. The van der Waals surface area contributed by atoms with E-state index in [9.17, 15) is 4.79 Å². The Bertz CT molecular complexity index is 1480. The van der Waals surface area contributed by atoms with E-state index >= 15 is 0 Å². The smallest absolute Gasteiger partial charge is 0.251 e. The number of hydrogen-bond donors (Lipinski definition) is 1. The summed E-state index contributed by atoms with van der Waals surface area (Å²) in [6.07, 6.45) is 0. The van der Waals surface area contributed by atoms with Gasteiger partial charge in [0.2, 0.25) is 0 Å². The fourth-order valence-electron chi connectivity index (χ4n) is 4.28. The van der Waals surface area contributed by atoms with Crippen molar-refractivity contribution in [3.05, 3.63) is 102 Å². The van der Waals surface area contributed by atoms with Gasteiger partial charge in [0.15, 0.2) is 11.5 Å². The van der Waals surface area contributed by atoms with Crippen LogP contribution in [0.1, 0.15) is 21.7 Å². The Morgan fingerprint density at radius 1 is 0.882 bits per heavy atom. The van der Waals surface area contributed by atoms with Crippen LogP contribution in [0.4, 0.5) is 0 Å².